The third-order valence-electron chi connectivity index (χ3n) is 2.16. The quantitative estimate of drug-likeness (QED) is 0.642. The molecule has 0 fully saturated rings. The molecule has 0 radical (unpaired) electrons. The normalized spacial score (nSPS) is 13.1. The molecule has 0 aliphatic heterocycles. The summed E-state index contributed by atoms with van der Waals surface area (Å²) in [5, 5.41) is 20.1. The molecule has 0 unspecified atom stereocenters. The monoisotopic (exact) mass is 232 g/mol. The number of rotatable bonds is 4. The van der Waals surface area contributed by atoms with Gasteiger partial charge in [-0.15, -0.1) is 0 Å². The lowest BCUT2D eigenvalue weighted by Crippen LogP contribution is -2.52. The van der Waals surface area contributed by atoms with Crippen molar-refractivity contribution in [3.63, 3.8) is 0 Å². The van der Waals surface area contributed by atoms with Gasteiger partial charge in [-0.05, 0) is 5.41 Å². The van der Waals surface area contributed by atoms with Gasteiger partial charge in [0, 0.05) is 13.6 Å². The number of nitrogens with one attached hydrogen (secondary N) is 1. The van der Waals surface area contributed by atoms with E-state index < -0.39 is 23.5 Å². The van der Waals surface area contributed by atoms with E-state index >= 15 is 0 Å². The molecular weight excluding hydrogens is 212 g/mol. The highest BCUT2D eigenvalue weighted by atomic mass is 16.4. The Hall–Kier alpha value is -1.30. The van der Waals surface area contributed by atoms with Crippen molar-refractivity contribution >= 4 is 12.0 Å². The number of hydrogen-bond acceptors (Lipinski definition) is 3. The van der Waals surface area contributed by atoms with Crippen molar-refractivity contribution in [1.82, 2.24) is 10.2 Å². The third-order valence-corrected chi connectivity index (χ3v) is 2.16. The average molecular weight is 232 g/mol. The Bertz CT molecular complexity index is 260. The molecule has 6 heteroatoms. The standard InChI is InChI=1S/C10H20N2O4/c1-10(2,3)7(8(14)15)11-9(16)12(4)5-6-13/h7,13H,5-6H2,1-4H3,(H,11,16)(H,14,15)/t7-/m0/s1. The number of carboxylic acid groups (broad SMARTS) is 1. The number of amides is 2. The largest absolute Gasteiger partial charge is 0.480 e. The molecule has 0 saturated heterocycles. The molecule has 0 aliphatic carbocycles. The second kappa shape index (κ2) is 5.69. The fourth-order valence-electron chi connectivity index (χ4n) is 1.13. The van der Waals surface area contributed by atoms with Crippen molar-refractivity contribution in [1.29, 1.82) is 0 Å². The van der Waals surface area contributed by atoms with E-state index in [0.29, 0.717) is 0 Å². The van der Waals surface area contributed by atoms with Crippen LogP contribution in [0.25, 0.3) is 0 Å². The van der Waals surface area contributed by atoms with Gasteiger partial charge in [-0.25, -0.2) is 9.59 Å². The lowest BCUT2D eigenvalue weighted by Gasteiger charge is -2.29. The molecule has 3 N–H and O–H groups in total. The van der Waals surface area contributed by atoms with Crippen molar-refractivity contribution in [2.24, 2.45) is 5.41 Å². The highest BCUT2D eigenvalue weighted by molar-refractivity contribution is 5.83. The van der Waals surface area contributed by atoms with Gasteiger partial charge in [-0.3, -0.25) is 0 Å². The first-order chi connectivity index (χ1) is 7.20. The van der Waals surface area contributed by atoms with Gasteiger partial charge in [0.1, 0.15) is 6.04 Å². The first kappa shape index (κ1) is 14.7. The Morgan fingerprint density at radius 3 is 2.19 bits per heavy atom. The predicted octanol–water partition coefficient (Wildman–Crippen LogP) is 0.119. The molecule has 6 nitrogen and oxygen atoms in total. The van der Waals surface area contributed by atoms with E-state index in [1.54, 1.807) is 20.8 Å². The number of aliphatic carboxylic acids is 1. The summed E-state index contributed by atoms with van der Waals surface area (Å²) < 4.78 is 0. The minimum atomic E-state index is -1.07. The van der Waals surface area contributed by atoms with Gasteiger partial charge in [-0.1, -0.05) is 20.8 Å². The molecule has 0 spiro atoms. The molecule has 0 rings (SSSR count). The number of carbonyl (C=O) groups is 2. The molecule has 0 aromatic rings. The van der Waals surface area contributed by atoms with Gasteiger partial charge in [0.15, 0.2) is 0 Å². The highest BCUT2D eigenvalue weighted by Gasteiger charge is 2.33. The zero-order valence-corrected chi connectivity index (χ0v) is 10.1. The first-order valence-corrected chi connectivity index (χ1v) is 5.05. The lowest BCUT2D eigenvalue weighted by atomic mass is 9.87. The molecule has 0 bridgehead atoms. The van der Waals surface area contributed by atoms with Crippen molar-refractivity contribution in [3.05, 3.63) is 0 Å². The smallest absolute Gasteiger partial charge is 0.326 e. The van der Waals surface area contributed by atoms with Crippen LogP contribution in [0.2, 0.25) is 0 Å². The van der Waals surface area contributed by atoms with Gasteiger partial charge in [0.25, 0.3) is 0 Å². The Kier molecular flexibility index (Phi) is 5.23. The molecule has 94 valence electrons. The fourth-order valence-corrected chi connectivity index (χ4v) is 1.13. The molecular formula is C10H20N2O4. The van der Waals surface area contributed by atoms with Gasteiger partial charge < -0.3 is 20.4 Å². The van der Waals surface area contributed by atoms with Crippen LogP contribution in [-0.4, -0.2) is 53.4 Å². The van der Waals surface area contributed by atoms with Crippen LogP contribution in [-0.2, 0) is 4.79 Å². The van der Waals surface area contributed by atoms with Crippen molar-refractivity contribution in [3.8, 4) is 0 Å². The Morgan fingerprint density at radius 1 is 1.38 bits per heavy atom. The number of urea groups is 1. The van der Waals surface area contributed by atoms with Crippen LogP contribution in [0.5, 0.6) is 0 Å². The first-order valence-electron chi connectivity index (χ1n) is 5.05. The number of likely N-dealkylation sites (N-methyl/N-ethyl adjacent to an activating group) is 1. The highest BCUT2D eigenvalue weighted by Crippen LogP contribution is 2.19. The SMILES string of the molecule is CN(CCO)C(=O)N[C@@H](C(=O)O)C(C)(C)C. The van der Waals surface area contributed by atoms with Crippen LogP contribution in [0.1, 0.15) is 20.8 Å². The molecule has 2 amide bonds. The number of aliphatic hydroxyl groups is 1. The summed E-state index contributed by atoms with van der Waals surface area (Å²) in [7, 11) is 1.49. The Labute approximate surface area is 95.2 Å². The Balaban J connectivity index is 4.54. The second-order valence-corrected chi connectivity index (χ2v) is 4.73. The van der Waals surface area contributed by atoms with E-state index in [1.165, 1.54) is 11.9 Å². The van der Waals surface area contributed by atoms with E-state index in [9.17, 15) is 9.59 Å². The molecule has 1 atom stereocenters. The summed E-state index contributed by atoms with van der Waals surface area (Å²) >= 11 is 0. The number of carboxylic acids is 1. The van der Waals surface area contributed by atoms with Gasteiger partial charge in [0.2, 0.25) is 0 Å². The van der Waals surface area contributed by atoms with Crippen LogP contribution in [0.3, 0.4) is 0 Å². The van der Waals surface area contributed by atoms with E-state index in [1.807, 2.05) is 0 Å². The maximum atomic E-state index is 11.5. The number of nitrogens with zero attached hydrogens (tertiary/aromatic N) is 1. The molecule has 0 saturated carbocycles. The summed E-state index contributed by atoms with van der Waals surface area (Å²) in [6.07, 6.45) is 0. The molecule has 0 aromatic heterocycles. The van der Waals surface area contributed by atoms with Crippen molar-refractivity contribution in [2.45, 2.75) is 26.8 Å². The predicted molar refractivity (Wildman–Crippen MR) is 59.1 cm³/mol. The molecule has 0 aromatic carbocycles. The minimum absolute atomic E-state index is 0.156. The summed E-state index contributed by atoms with van der Waals surface area (Å²) in [6, 6.07) is -1.46. The Morgan fingerprint density at radius 2 is 1.88 bits per heavy atom. The van der Waals surface area contributed by atoms with Crippen molar-refractivity contribution in [2.75, 3.05) is 20.2 Å². The zero-order valence-electron chi connectivity index (χ0n) is 10.1. The summed E-state index contributed by atoms with van der Waals surface area (Å²) in [5.74, 6) is -1.07. The van der Waals surface area contributed by atoms with Crippen LogP contribution >= 0.6 is 0 Å². The zero-order chi connectivity index (χ0) is 12.9. The summed E-state index contributed by atoms with van der Waals surface area (Å²) in [4.78, 5) is 23.8. The maximum Gasteiger partial charge on any atom is 0.326 e. The number of aliphatic hydroxyl groups excluding tert-OH is 1. The third kappa shape index (κ3) is 4.48. The van der Waals surface area contributed by atoms with E-state index in [0.717, 1.165) is 0 Å². The summed E-state index contributed by atoms with van der Waals surface area (Å²) in [6.45, 7) is 5.22. The van der Waals surface area contributed by atoms with Crippen LogP contribution in [0.15, 0.2) is 0 Å². The fraction of sp³-hybridized carbons (Fsp3) is 0.800. The number of carbonyl (C=O) groups excluding carboxylic acids is 1. The lowest BCUT2D eigenvalue weighted by molar-refractivity contribution is -0.142. The minimum Gasteiger partial charge on any atom is -0.480 e. The maximum absolute atomic E-state index is 11.5. The van der Waals surface area contributed by atoms with E-state index in [4.69, 9.17) is 10.2 Å². The van der Waals surface area contributed by atoms with E-state index in [-0.39, 0.29) is 13.2 Å². The second-order valence-electron chi connectivity index (χ2n) is 4.73. The van der Waals surface area contributed by atoms with Crippen LogP contribution in [0.4, 0.5) is 4.79 Å². The average Bonchev–Trinajstić information content (AvgIpc) is 2.11. The van der Waals surface area contributed by atoms with Crippen LogP contribution in [0, 0.1) is 5.41 Å². The van der Waals surface area contributed by atoms with Crippen LogP contribution < -0.4 is 5.32 Å². The topological polar surface area (TPSA) is 89.9 Å². The summed E-state index contributed by atoms with van der Waals surface area (Å²) in [5.41, 5.74) is -0.568. The molecule has 0 heterocycles. The molecule has 16 heavy (non-hydrogen) atoms. The molecule has 0 aliphatic rings. The van der Waals surface area contributed by atoms with Gasteiger partial charge in [0.05, 0.1) is 6.61 Å². The number of hydrogen-bond donors (Lipinski definition) is 3. The van der Waals surface area contributed by atoms with Gasteiger partial charge in [-0.2, -0.15) is 0 Å². The van der Waals surface area contributed by atoms with Gasteiger partial charge >= 0.3 is 12.0 Å². The van der Waals surface area contributed by atoms with Crippen molar-refractivity contribution < 1.29 is 19.8 Å². The van der Waals surface area contributed by atoms with E-state index in [2.05, 4.69) is 5.32 Å².